The summed E-state index contributed by atoms with van der Waals surface area (Å²) in [5, 5.41) is 3.63. The number of allylic oxidation sites excluding steroid dienone is 1. The lowest BCUT2D eigenvalue weighted by molar-refractivity contribution is -0.121. The smallest absolute Gasteiger partial charge is 0.263 e. The predicted octanol–water partition coefficient (Wildman–Crippen LogP) is 4.56. The van der Waals surface area contributed by atoms with Crippen LogP contribution in [-0.2, 0) is 17.8 Å². The van der Waals surface area contributed by atoms with Gasteiger partial charge in [-0.05, 0) is 31.9 Å². The molecule has 2 aromatic heterocycles. The summed E-state index contributed by atoms with van der Waals surface area (Å²) in [6.07, 6.45) is 2.53. The largest absolute Gasteiger partial charge is 0.353 e. The third kappa shape index (κ3) is 4.79. The number of amides is 1. The van der Waals surface area contributed by atoms with Crippen LogP contribution >= 0.6 is 23.1 Å². The molecule has 0 bridgehead atoms. The van der Waals surface area contributed by atoms with Crippen molar-refractivity contribution in [1.82, 2.24) is 14.9 Å². The molecule has 7 heteroatoms. The maximum Gasteiger partial charge on any atom is 0.263 e. The zero-order valence-electron chi connectivity index (χ0n) is 16.8. The molecule has 29 heavy (non-hydrogen) atoms. The molecule has 1 aromatic carbocycles. The number of aromatic nitrogens is 2. The molecule has 0 aliphatic rings. The summed E-state index contributed by atoms with van der Waals surface area (Å²) >= 11 is 2.83. The summed E-state index contributed by atoms with van der Waals surface area (Å²) in [6, 6.07) is 11.5. The van der Waals surface area contributed by atoms with Crippen molar-refractivity contribution in [2.75, 3.05) is 0 Å². The first-order valence-electron chi connectivity index (χ1n) is 9.60. The first-order chi connectivity index (χ1) is 13.9. The maximum absolute atomic E-state index is 13.1. The summed E-state index contributed by atoms with van der Waals surface area (Å²) < 4.78 is 1.60. The van der Waals surface area contributed by atoms with Gasteiger partial charge in [0.15, 0.2) is 5.16 Å². The van der Waals surface area contributed by atoms with Crippen molar-refractivity contribution in [3.63, 3.8) is 0 Å². The zero-order valence-corrected chi connectivity index (χ0v) is 18.5. The highest BCUT2D eigenvalue weighted by atomic mass is 32.2. The van der Waals surface area contributed by atoms with Crippen molar-refractivity contribution >= 4 is 39.2 Å². The van der Waals surface area contributed by atoms with E-state index in [0.29, 0.717) is 21.9 Å². The minimum atomic E-state index is -0.510. The second kappa shape index (κ2) is 9.41. The van der Waals surface area contributed by atoms with Gasteiger partial charge in [-0.15, -0.1) is 17.9 Å². The van der Waals surface area contributed by atoms with Crippen molar-refractivity contribution in [3.05, 3.63) is 69.8 Å². The average molecular weight is 428 g/mol. The highest BCUT2D eigenvalue weighted by molar-refractivity contribution is 8.00. The van der Waals surface area contributed by atoms with E-state index in [4.69, 9.17) is 4.98 Å². The van der Waals surface area contributed by atoms with Gasteiger partial charge in [0, 0.05) is 17.5 Å². The first-order valence-corrected chi connectivity index (χ1v) is 11.3. The van der Waals surface area contributed by atoms with E-state index in [1.807, 2.05) is 50.2 Å². The zero-order chi connectivity index (χ0) is 21.0. The molecule has 1 atom stereocenters. The fourth-order valence-corrected chi connectivity index (χ4v) is 5.09. The molecule has 1 N–H and O–H groups in total. The predicted molar refractivity (Wildman–Crippen MR) is 122 cm³/mol. The Morgan fingerprint density at radius 3 is 2.69 bits per heavy atom. The molecule has 2 heterocycles. The Hall–Kier alpha value is -2.38. The molecule has 0 saturated carbocycles. The lowest BCUT2D eigenvalue weighted by atomic mass is 10.1. The normalized spacial score (nSPS) is 12.3. The fourth-order valence-electron chi connectivity index (χ4n) is 2.97. The van der Waals surface area contributed by atoms with Gasteiger partial charge in [0.05, 0.1) is 5.39 Å². The molecular weight excluding hydrogens is 402 g/mol. The van der Waals surface area contributed by atoms with Gasteiger partial charge < -0.3 is 5.32 Å². The van der Waals surface area contributed by atoms with Gasteiger partial charge in [0.25, 0.3) is 5.56 Å². The molecule has 0 aliphatic carbocycles. The molecule has 3 rings (SSSR count). The maximum atomic E-state index is 13.1. The molecule has 0 radical (unpaired) electrons. The highest BCUT2D eigenvalue weighted by Gasteiger charge is 2.25. The molecule has 3 aromatic rings. The Morgan fingerprint density at radius 1 is 1.34 bits per heavy atom. The van der Waals surface area contributed by atoms with Crippen molar-refractivity contribution in [1.29, 1.82) is 0 Å². The SMILES string of the molecule is C=CCn1c(SC(C(=O)NC(C)C)c2ccccc2)nc2sc(CC)cc2c1=O. The van der Waals surface area contributed by atoms with Gasteiger partial charge in [-0.25, -0.2) is 4.98 Å². The number of aryl methyl sites for hydroxylation is 1. The summed E-state index contributed by atoms with van der Waals surface area (Å²) in [7, 11) is 0. The van der Waals surface area contributed by atoms with E-state index in [-0.39, 0.29) is 17.5 Å². The van der Waals surface area contributed by atoms with E-state index < -0.39 is 5.25 Å². The number of carbonyl (C=O) groups excluding carboxylic acids is 1. The van der Waals surface area contributed by atoms with Gasteiger partial charge >= 0.3 is 0 Å². The van der Waals surface area contributed by atoms with Crippen LogP contribution in [0.4, 0.5) is 0 Å². The van der Waals surface area contributed by atoms with Crippen LogP contribution in [0.3, 0.4) is 0 Å². The van der Waals surface area contributed by atoms with Gasteiger partial charge in [0.2, 0.25) is 5.91 Å². The third-order valence-electron chi connectivity index (χ3n) is 4.32. The molecule has 0 spiro atoms. The van der Waals surface area contributed by atoms with Gasteiger partial charge in [-0.3, -0.25) is 14.2 Å². The molecule has 152 valence electrons. The van der Waals surface area contributed by atoms with Crippen LogP contribution in [0, 0.1) is 0 Å². The lowest BCUT2D eigenvalue weighted by Crippen LogP contribution is -2.34. The van der Waals surface area contributed by atoms with Crippen molar-refractivity contribution in [3.8, 4) is 0 Å². The van der Waals surface area contributed by atoms with Crippen LogP contribution in [0.5, 0.6) is 0 Å². The van der Waals surface area contributed by atoms with E-state index in [2.05, 4.69) is 18.8 Å². The van der Waals surface area contributed by atoms with Crippen molar-refractivity contribution in [2.24, 2.45) is 0 Å². The van der Waals surface area contributed by atoms with Crippen LogP contribution in [0.15, 0.2) is 59.0 Å². The lowest BCUT2D eigenvalue weighted by Gasteiger charge is -2.20. The number of nitrogens with one attached hydrogen (secondary N) is 1. The minimum Gasteiger partial charge on any atom is -0.353 e. The van der Waals surface area contributed by atoms with E-state index in [0.717, 1.165) is 16.9 Å². The number of benzene rings is 1. The number of thiophene rings is 1. The highest BCUT2D eigenvalue weighted by Crippen LogP contribution is 2.35. The van der Waals surface area contributed by atoms with Gasteiger partial charge in [0.1, 0.15) is 10.1 Å². The van der Waals surface area contributed by atoms with Crippen LogP contribution in [-0.4, -0.2) is 21.5 Å². The standard InChI is InChI=1S/C22H25N3O2S2/c1-5-12-25-21(27)17-13-16(6-2)28-20(17)24-22(25)29-18(19(26)23-14(3)4)15-10-8-7-9-11-15/h5,7-11,13-14,18H,1,6,12H2,2-4H3,(H,23,26). The number of fused-ring (bicyclic) bond motifs is 1. The first kappa shape index (κ1) is 21.3. The van der Waals surface area contributed by atoms with Crippen molar-refractivity contribution in [2.45, 2.75) is 50.2 Å². The molecular formula is C22H25N3O2S2. The van der Waals surface area contributed by atoms with Crippen LogP contribution in [0.2, 0.25) is 0 Å². The Kier molecular flexibility index (Phi) is 6.92. The number of hydrogen-bond donors (Lipinski definition) is 1. The second-order valence-electron chi connectivity index (χ2n) is 6.96. The summed E-state index contributed by atoms with van der Waals surface area (Å²) in [5.41, 5.74) is 0.778. The molecule has 0 saturated heterocycles. The summed E-state index contributed by atoms with van der Waals surface area (Å²) in [5.74, 6) is -0.101. The molecule has 5 nitrogen and oxygen atoms in total. The minimum absolute atomic E-state index is 0.0181. The number of thioether (sulfide) groups is 1. The Balaban J connectivity index is 2.10. The number of nitrogens with zero attached hydrogens (tertiary/aromatic N) is 2. The van der Waals surface area contributed by atoms with E-state index >= 15 is 0 Å². The van der Waals surface area contributed by atoms with Crippen LogP contribution in [0.1, 0.15) is 36.5 Å². The van der Waals surface area contributed by atoms with Gasteiger partial charge in [-0.1, -0.05) is 55.1 Å². The Bertz CT molecular complexity index is 1070. The van der Waals surface area contributed by atoms with Crippen LogP contribution < -0.4 is 10.9 Å². The summed E-state index contributed by atoms with van der Waals surface area (Å²) in [6.45, 7) is 10.0. The molecule has 1 unspecified atom stereocenters. The fraction of sp³-hybridized carbons (Fsp3) is 0.318. The van der Waals surface area contributed by atoms with E-state index in [1.165, 1.54) is 23.1 Å². The topological polar surface area (TPSA) is 64.0 Å². The monoisotopic (exact) mass is 427 g/mol. The van der Waals surface area contributed by atoms with E-state index in [1.54, 1.807) is 10.6 Å². The molecule has 0 aliphatic heterocycles. The Morgan fingerprint density at radius 2 is 2.07 bits per heavy atom. The van der Waals surface area contributed by atoms with Crippen molar-refractivity contribution < 1.29 is 4.79 Å². The average Bonchev–Trinajstić information content (AvgIpc) is 3.12. The van der Waals surface area contributed by atoms with E-state index in [9.17, 15) is 9.59 Å². The second-order valence-corrected chi connectivity index (χ2v) is 9.14. The third-order valence-corrected chi connectivity index (χ3v) is 6.74. The summed E-state index contributed by atoms with van der Waals surface area (Å²) in [4.78, 5) is 32.7. The number of hydrogen-bond acceptors (Lipinski definition) is 5. The molecule has 0 fully saturated rings. The number of rotatable bonds is 8. The quantitative estimate of drug-likeness (QED) is 0.325. The molecule has 1 amide bonds. The van der Waals surface area contributed by atoms with Crippen LogP contribution in [0.25, 0.3) is 10.2 Å². The Labute approximate surface area is 178 Å². The van der Waals surface area contributed by atoms with Gasteiger partial charge in [-0.2, -0.15) is 0 Å². The number of carbonyl (C=O) groups is 1.